The Kier molecular flexibility index (Phi) is 4.93. The van der Waals surface area contributed by atoms with Crippen molar-refractivity contribution in [2.45, 2.75) is 32.9 Å². The van der Waals surface area contributed by atoms with E-state index < -0.39 is 6.04 Å². The third-order valence-electron chi connectivity index (χ3n) is 4.64. The van der Waals surface area contributed by atoms with Crippen LogP contribution < -0.4 is 4.90 Å². The number of carbonyl (C=O) groups excluding carboxylic acids is 2. The third kappa shape index (κ3) is 3.46. The Bertz CT molecular complexity index is 814. The SMILES string of the molecule is Cc1cccc(C)c1N1C(=O)CC(N(C)Cc2cccc(Cl)c2)C1=O. The second kappa shape index (κ2) is 6.98. The molecular weight excluding hydrogens is 336 g/mol. The molecule has 4 nitrogen and oxygen atoms in total. The highest BCUT2D eigenvalue weighted by molar-refractivity contribution is 6.30. The Morgan fingerprint density at radius 1 is 1.12 bits per heavy atom. The first-order chi connectivity index (χ1) is 11.9. The zero-order chi connectivity index (χ0) is 18.1. The van der Waals surface area contributed by atoms with E-state index in [1.54, 1.807) is 0 Å². The Hall–Kier alpha value is -2.17. The lowest BCUT2D eigenvalue weighted by Gasteiger charge is -2.24. The van der Waals surface area contributed by atoms with Gasteiger partial charge in [0.05, 0.1) is 18.2 Å². The fraction of sp³-hybridized carbons (Fsp3) is 0.300. The average Bonchev–Trinajstić information content (AvgIpc) is 2.83. The van der Waals surface area contributed by atoms with Crippen LogP contribution in [0.25, 0.3) is 0 Å². The van der Waals surface area contributed by atoms with Crippen LogP contribution >= 0.6 is 11.6 Å². The predicted molar refractivity (Wildman–Crippen MR) is 99.7 cm³/mol. The van der Waals surface area contributed by atoms with Crippen molar-refractivity contribution in [3.63, 3.8) is 0 Å². The van der Waals surface area contributed by atoms with Crippen LogP contribution in [0.2, 0.25) is 5.02 Å². The van der Waals surface area contributed by atoms with Gasteiger partial charge in [-0.3, -0.25) is 14.5 Å². The molecule has 130 valence electrons. The maximum Gasteiger partial charge on any atom is 0.251 e. The number of amides is 2. The fourth-order valence-electron chi connectivity index (χ4n) is 3.39. The van der Waals surface area contributed by atoms with Crippen LogP contribution in [0, 0.1) is 13.8 Å². The Balaban J connectivity index is 1.83. The van der Waals surface area contributed by atoms with Gasteiger partial charge in [0.25, 0.3) is 5.91 Å². The van der Waals surface area contributed by atoms with Gasteiger partial charge in [-0.05, 0) is 49.7 Å². The highest BCUT2D eigenvalue weighted by Gasteiger charge is 2.42. The summed E-state index contributed by atoms with van der Waals surface area (Å²) in [5, 5.41) is 0.664. The molecule has 0 bridgehead atoms. The van der Waals surface area contributed by atoms with Gasteiger partial charge >= 0.3 is 0 Å². The van der Waals surface area contributed by atoms with Crippen molar-refractivity contribution in [2.75, 3.05) is 11.9 Å². The van der Waals surface area contributed by atoms with Crippen LogP contribution in [0.4, 0.5) is 5.69 Å². The van der Waals surface area contributed by atoms with Crippen LogP contribution in [0.5, 0.6) is 0 Å². The second-order valence-electron chi connectivity index (χ2n) is 6.57. The number of para-hydroxylation sites is 1. The largest absolute Gasteiger partial charge is 0.290 e. The number of carbonyl (C=O) groups is 2. The zero-order valence-electron chi connectivity index (χ0n) is 14.6. The first kappa shape index (κ1) is 17.6. The summed E-state index contributed by atoms with van der Waals surface area (Å²) in [4.78, 5) is 28.8. The van der Waals surface area contributed by atoms with Crippen molar-refractivity contribution in [3.8, 4) is 0 Å². The normalized spacial score (nSPS) is 17.6. The van der Waals surface area contributed by atoms with E-state index in [-0.39, 0.29) is 18.2 Å². The Morgan fingerprint density at radius 2 is 1.76 bits per heavy atom. The molecule has 0 saturated carbocycles. The van der Waals surface area contributed by atoms with E-state index in [0.717, 1.165) is 22.4 Å². The van der Waals surface area contributed by atoms with Crippen molar-refractivity contribution < 1.29 is 9.59 Å². The standard InChI is InChI=1S/C20H21ClN2O2/c1-13-6-4-7-14(2)19(13)23-18(24)11-17(20(23)25)22(3)12-15-8-5-9-16(21)10-15/h4-10,17H,11-12H2,1-3H3. The second-order valence-corrected chi connectivity index (χ2v) is 7.01. The van der Waals surface area contributed by atoms with Crippen molar-refractivity contribution >= 4 is 29.1 Å². The molecule has 1 atom stereocenters. The lowest BCUT2D eigenvalue weighted by molar-refractivity contribution is -0.122. The van der Waals surface area contributed by atoms with Gasteiger partial charge in [0, 0.05) is 11.6 Å². The van der Waals surface area contributed by atoms with Crippen LogP contribution in [0.3, 0.4) is 0 Å². The molecule has 1 aliphatic heterocycles. The molecular formula is C20H21ClN2O2. The summed E-state index contributed by atoms with van der Waals surface area (Å²) in [7, 11) is 1.87. The van der Waals surface area contributed by atoms with E-state index in [1.807, 2.05) is 68.3 Å². The zero-order valence-corrected chi connectivity index (χ0v) is 15.4. The number of hydrogen-bond acceptors (Lipinski definition) is 3. The maximum atomic E-state index is 13.0. The van der Waals surface area contributed by atoms with Crippen molar-refractivity contribution in [1.82, 2.24) is 4.90 Å². The number of aryl methyl sites for hydroxylation is 2. The summed E-state index contributed by atoms with van der Waals surface area (Å²) in [5.74, 6) is -0.308. The van der Waals surface area contributed by atoms with Crippen molar-refractivity contribution in [1.29, 1.82) is 0 Å². The Labute approximate surface area is 153 Å². The number of nitrogens with zero attached hydrogens (tertiary/aromatic N) is 2. The number of halogens is 1. The van der Waals surface area contributed by atoms with E-state index in [4.69, 9.17) is 11.6 Å². The van der Waals surface area contributed by atoms with E-state index in [0.29, 0.717) is 11.6 Å². The van der Waals surface area contributed by atoms with Gasteiger partial charge in [0.2, 0.25) is 5.91 Å². The molecule has 3 rings (SSSR count). The van der Waals surface area contributed by atoms with E-state index in [1.165, 1.54) is 4.90 Å². The maximum absolute atomic E-state index is 13.0. The van der Waals surface area contributed by atoms with Gasteiger partial charge in [-0.25, -0.2) is 4.90 Å². The molecule has 2 aromatic carbocycles. The fourth-order valence-corrected chi connectivity index (χ4v) is 3.60. The first-order valence-corrected chi connectivity index (χ1v) is 8.64. The molecule has 0 aliphatic carbocycles. The minimum absolute atomic E-state index is 0.148. The van der Waals surface area contributed by atoms with Gasteiger partial charge in [-0.1, -0.05) is 41.9 Å². The molecule has 0 spiro atoms. The number of imide groups is 1. The summed E-state index contributed by atoms with van der Waals surface area (Å²) >= 11 is 6.03. The van der Waals surface area contributed by atoms with Gasteiger partial charge in [-0.15, -0.1) is 0 Å². The molecule has 1 fully saturated rings. The Morgan fingerprint density at radius 3 is 2.40 bits per heavy atom. The van der Waals surface area contributed by atoms with Gasteiger partial charge < -0.3 is 0 Å². The number of anilines is 1. The minimum atomic E-state index is -0.453. The summed E-state index contributed by atoms with van der Waals surface area (Å²) in [6.07, 6.45) is 0.198. The van der Waals surface area contributed by atoms with Crippen LogP contribution in [-0.4, -0.2) is 29.8 Å². The van der Waals surface area contributed by atoms with Gasteiger partial charge in [0.15, 0.2) is 0 Å². The molecule has 1 heterocycles. The molecule has 2 amide bonds. The van der Waals surface area contributed by atoms with Crippen LogP contribution in [-0.2, 0) is 16.1 Å². The first-order valence-electron chi connectivity index (χ1n) is 8.26. The molecule has 2 aromatic rings. The van der Waals surface area contributed by atoms with E-state index in [2.05, 4.69) is 0 Å². The molecule has 0 aromatic heterocycles. The van der Waals surface area contributed by atoms with Gasteiger partial charge in [-0.2, -0.15) is 0 Å². The van der Waals surface area contributed by atoms with Crippen molar-refractivity contribution in [3.05, 3.63) is 64.2 Å². The highest BCUT2D eigenvalue weighted by Crippen LogP contribution is 2.31. The highest BCUT2D eigenvalue weighted by atomic mass is 35.5. The monoisotopic (exact) mass is 356 g/mol. The van der Waals surface area contributed by atoms with E-state index >= 15 is 0 Å². The number of rotatable bonds is 4. The topological polar surface area (TPSA) is 40.6 Å². The molecule has 5 heteroatoms. The molecule has 1 saturated heterocycles. The smallest absolute Gasteiger partial charge is 0.251 e. The number of hydrogen-bond donors (Lipinski definition) is 0. The average molecular weight is 357 g/mol. The van der Waals surface area contributed by atoms with E-state index in [9.17, 15) is 9.59 Å². The molecule has 25 heavy (non-hydrogen) atoms. The predicted octanol–water partition coefficient (Wildman–Crippen LogP) is 3.72. The summed E-state index contributed by atoms with van der Waals surface area (Å²) < 4.78 is 0. The minimum Gasteiger partial charge on any atom is -0.290 e. The lowest BCUT2D eigenvalue weighted by Crippen LogP contribution is -2.40. The summed E-state index contributed by atoms with van der Waals surface area (Å²) in [6, 6.07) is 12.9. The number of likely N-dealkylation sites (N-methyl/N-ethyl adjacent to an activating group) is 1. The third-order valence-corrected chi connectivity index (χ3v) is 4.87. The van der Waals surface area contributed by atoms with Crippen molar-refractivity contribution in [2.24, 2.45) is 0 Å². The van der Waals surface area contributed by atoms with Crippen LogP contribution in [0.15, 0.2) is 42.5 Å². The number of benzene rings is 2. The van der Waals surface area contributed by atoms with Gasteiger partial charge in [0.1, 0.15) is 0 Å². The molecule has 1 aliphatic rings. The van der Waals surface area contributed by atoms with Crippen LogP contribution in [0.1, 0.15) is 23.1 Å². The molecule has 0 N–H and O–H groups in total. The summed E-state index contributed by atoms with van der Waals surface area (Å²) in [6.45, 7) is 4.41. The summed E-state index contributed by atoms with van der Waals surface area (Å²) in [5.41, 5.74) is 3.59. The lowest BCUT2D eigenvalue weighted by atomic mass is 10.1. The quantitative estimate of drug-likeness (QED) is 0.784. The molecule has 1 unspecified atom stereocenters. The molecule has 0 radical (unpaired) electrons.